The van der Waals surface area contributed by atoms with Crippen molar-refractivity contribution in [2.45, 2.75) is 10.9 Å². The molecule has 20 heavy (non-hydrogen) atoms. The SMILES string of the molecule is N#Cc1ccc(Cl)c(S(=O)(=O)N2CCNCC2C#N)c1. The summed E-state index contributed by atoms with van der Waals surface area (Å²) in [5.41, 5.74) is 0.205. The first-order valence-corrected chi connectivity index (χ1v) is 7.64. The molecule has 8 heteroatoms. The minimum atomic E-state index is -3.90. The predicted octanol–water partition coefficient (Wildman–Crippen LogP) is 0.698. The van der Waals surface area contributed by atoms with E-state index in [1.807, 2.05) is 12.1 Å². The van der Waals surface area contributed by atoms with Crippen LogP contribution in [0.2, 0.25) is 5.02 Å². The van der Waals surface area contributed by atoms with Gasteiger partial charge in [0, 0.05) is 19.6 Å². The Kier molecular flexibility index (Phi) is 4.26. The highest BCUT2D eigenvalue weighted by molar-refractivity contribution is 7.89. The average Bonchev–Trinajstić information content (AvgIpc) is 2.47. The number of benzene rings is 1. The molecule has 6 nitrogen and oxygen atoms in total. The highest BCUT2D eigenvalue weighted by Gasteiger charge is 2.34. The van der Waals surface area contributed by atoms with E-state index in [4.69, 9.17) is 22.1 Å². The Morgan fingerprint density at radius 2 is 2.15 bits per heavy atom. The third kappa shape index (κ3) is 2.62. The van der Waals surface area contributed by atoms with Crippen LogP contribution in [-0.2, 0) is 10.0 Å². The van der Waals surface area contributed by atoms with Crippen LogP contribution in [0.5, 0.6) is 0 Å². The van der Waals surface area contributed by atoms with Gasteiger partial charge >= 0.3 is 0 Å². The van der Waals surface area contributed by atoms with Gasteiger partial charge in [-0.15, -0.1) is 0 Å². The van der Waals surface area contributed by atoms with E-state index >= 15 is 0 Å². The molecule has 1 aliphatic rings. The van der Waals surface area contributed by atoms with Gasteiger partial charge in [-0.25, -0.2) is 8.42 Å². The Morgan fingerprint density at radius 3 is 2.80 bits per heavy atom. The number of nitriles is 2. The van der Waals surface area contributed by atoms with Gasteiger partial charge in [-0.05, 0) is 18.2 Å². The van der Waals surface area contributed by atoms with E-state index in [1.54, 1.807) is 0 Å². The molecule has 1 atom stereocenters. The smallest absolute Gasteiger partial charge is 0.245 e. The van der Waals surface area contributed by atoms with E-state index in [-0.39, 0.29) is 28.6 Å². The van der Waals surface area contributed by atoms with E-state index in [1.165, 1.54) is 18.2 Å². The van der Waals surface area contributed by atoms with E-state index in [0.29, 0.717) is 6.54 Å². The first kappa shape index (κ1) is 14.8. The third-order valence-electron chi connectivity index (χ3n) is 2.99. The van der Waals surface area contributed by atoms with E-state index in [0.717, 1.165) is 4.31 Å². The molecule has 1 aromatic rings. The van der Waals surface area contributed by atoms with Crippen LogP contribution in [-0.4, -0.2) is 38.4 Å². The van der Waals surface area contributed by atoms with Crippen LogP contribution in [0.25, 0.3) is 0 Å². The van der Waals surface area contributed by atoms with Crippen molar-refractivity contribution < 1.29 is 8.42 Å². The lowest BCUT2D eigenvalue weighted by Gasteiger charge is -2.31. The first-order valence-electron chi connectivity index (χ1n) is 5.82. The van der Waals surface area contributed by atoms with Crippen molar-refractivity contribution in [3.05, 3.63) is 28.8 Å². The van der Waals surface area contributed by atoms with Crippen LogP contribution >= 0.6 is 11.6 Å². The number of sulfonamides is 1. The minimum Gasteiger partial charge on any atom is -0.313 e. The van der Waals surface area contributed by atoms with E-state index in [2.05, 4.69) is 5.32 Å². The lowest BCUT2D eigenvalue weighted by Crippen LogP contribution is -2.52. The molecule has 0 aliphatic carbocycles. The van der Waals surface area contributed by atoms with Crippen molar-refractivity contribution in [1.29, 1.82) is 10.5 Å². The maximum Gasteiger partial charge on any atom is 0.245 e. The fourth-order valence-electron chi connectivity index (χ4n) is 1.98. The molecule has 1 N–H and O–H groups in total. The van der Waals surface area contributed by atoms with Crippen molar-refractivity contribution in [1.82, 2.24) is 9.62 Å². The first-order chi connectivity index (χ1) is 9.50. The molecular formula is C12H11ClN4O2S. The lowest BCUT2D eigenvalue weighted by molar-refractivity contribution is 0.312. The molecule has 1 saturated heterocycles. The van der Waals surface area contributed by atoms with Gasteiger partial charge in [0.1, 0.15) is 10.9 Å². The van der Waals surface area contributed by atoms with Crippen molar-refractivity contribution in [3.63, 3.8) is 0 Å². The van der Waals surface area contributed by atoms with Crippen LogP contribution in [0.1, 0.15) is 5.56 Å². The number of halogens is 1. The number of rotatable bonds is 2. The molecule has 0 amide bonds. The zero-order chi connectivity index (χ0) is 14.8. The van der Waals surface area contributed by atoms with E-state index < -0.39 is 16.1 Å². The summed E-state index contributed by atoms with van der Waals surface area (Å²) in [6, 6.07) is 7.10. The maximum atomic E-state index is 12.6. The number of piperazine rings is 1. The number of hydrogen-bond donors (Lipinski definition) is 1. The minimum absolute atomic E-state index is 0.0409. The normalized spacial score (nSPS) is 20.1. The van der Waals surface area contributed by atoms with Crippen molar-refractivity contribution in [2.75, 3.05) is 19.6 Å². The largest absolute Gasteiger partial charge is 0.313 e. The molecule has 1 aromatic carbocycles. The van der Waals surface area contributed by atoms with Crippen LogP contribution in [0.4, 0.5) is 0 Å². The molecular weight excluding hydrogens is 300 g/mol. The molecule has 2 rings (SSSR count). The highest BCUT2D eigenvalue weighted by Crippen LogP contribution is 2.27. The Morgan fingerprint density at radius 1 is 1.40 bits per heavy atom. The summed E-state index contributed by atoms with van der Waals surface area (Å²) in [4.78, 5) is -0.139. The van der Waals surface area contributed by atoms with Gasteiger partial charge in [0.2, 0.25) is 10.0 Å². The second-order valence-corrected chi connectivity index (χ2v) is 6.49. The van der Waals surface area contributed by atoms with Gasteiger partial charge in [0.25, 0.3) is 0 Å². The fourth-order valence-corrected chi connectivity index (χ4v) is 4.02. The summed E-state index contributed by atoms with van der Waals surface area (Å²) in [5, 5.41) is 20.9. The molecule has 104 valence electrons. The molecule has 0 bridgehead atoms. The van der Waals surface area contributed by atoms with Crippen LogP contribution in [0.15, 0.2) is 23.1 Å². The summed E-state index contributed by atoms with van der Waals surface area (Å²) in [6.07, 6.45) is 0. The number of nitrogens with zero attached hydrogens (tertiary/aromatic N) is 3. The molecule has 1 unspecified atom stereocenters. The summed E-state index contributed by atoms with van der Waals surface area (Å²) in [5.74, 6) is 0. The fraction of sp³-hybridized carbons (Fsp3) is 0.333. The Bertz CT molecular complexity index is 705. The maximum absolute atomic E-state index is 12.6. The standard InChI is InChI=1S/C12H11ClN4O2S/c13-11-2-1-9(6-14)5-12(11)20(18,19)17-4-3-16-8-10(17)7-15/h1-2,5,10,16H,3-4,8H2. The lowest BCUT2D eigenvalue weighted by atomic mass is 10.2. The molecule has 0 saturated carbocycles. The highest BCUT2D eigenvalue weighted by atomic mass is 35.5. The zero-order valence-corrected chi connectivity index (χ0v) is 11.9. The zero-order valence-electron chi connectivity index (χ0n) is 10.4. The Labute approximate surface area is 122 Å². The molecule has 1 heterocycles. The van der Waals surface area contributed by atoms with Crippen LogP contribution < -0.4 is 5.32 Å². The van der Waals surface area contributed by atoms with Gasteiger partial charge in [-0.1, -0.05) is 11.6 Å². The summed E-state index contributed by atoms with van der Waals surface area (Å²) < 4.78 is 26.3. The van der Waals surface area contributed by atoms with Gasteiger partial charge in [0.05, 0.1) is 22.7 Å². The monoisotopic (exact) mass is 310 g/mol. The number of nitrogens with one attached hydrogen (secondary N) is 1. The quantitative estimate of drug-likeness (QED) is 0.867. The molecule has 1 fully saturated rings. The Balaban J connectivity index is 2.50. The van der Waals surface area contributed by atoms with E-state index in [9.17, 15) is 8.42 Å². The number of hydrogen-bond acceptors (Lipinski definition) is 5. The van der Waals surface area contributed by atoms with Crippen LogP contribution in [0.3, 0.4) is 0 Å². The Hall–Kier alpha value is -1.64. The summed E-state index contributed by atoms with van der Waals surface area (Å²) >= 11 is 5.93. The second kappa shape index (κ2) is 5.78. The van der Waals surface area contributed by atoms with Crippen molar-refractivity contribution in [2.24, 2.45) is 0 Å². The third-order valence-corrected chi connectivity index (χ3v) is 5.38. The molecule has 0 spiro atoms. The summed E-state index contributed by atoms with van der Waals surface area (Å²) in [6.45, 7) is 0.923. The molecule has 0 aromatic heterocycles. The summed E-state index contributed by atoms with van der Waals surface area (Å²) in [7, 11) is -3.90. The molecule has 1 aliphatic heterocycles. The molecule has 0 radical (unpaired) electrons. The average molecular weight is 311 g/mol. The van der Waals surface area contributed by atoms with Gasteiger partial charge in [-0.2, -0.15) is 14.8 Å². The second-order valence-electron chi connectivity index (χ2n) is 4.22. The topological polar surface area (TPSA) is 97.0 Å². The van der Waals surface area contributed by atoms with Crippen molar-refractivity contribution >= 4 is 21.6 Å². The van der Waals surface area contributed by atoms with Crippen molar-refractivity contribution in [3.8, 4) is 12.1 Å². The van der Waals surface area contributed by atoms with Gasteiger partial charge < -0.3 is 5.32 Å². The van der Waals surface area contributed by atoms with Gasteiger partial charge in [0.15, 0.2) is 0 Å². The predicted molar refractivity (Wildman–Crippen MR) is 72.3 cm³/mol. The van der Waals surface area contributed by atoms with Crippen LogP contribution in [0, 0.1) is 22.7 Å². The van der Waals surface area contributed by atoms with Gasteiger partial charge in [-0.3, -0.25) is 0 Å².